The van der Waals surface area contributed by atoms with Gasteiger partial charge in [-0.1, -0.05) is 92.6 Å². The maximum Gasteiger partial charge on any atom is 0.254 e. The SMILES string of the molecule is CCCCCN(CC(=O)Nc1cc(-c2ccccc2)nn1-c1ccc(F)cc1)C(=O)c1ccc(-c2ccccc2)cc1. The molecule has 6 nitrogen and oxygen atoms in total. The molecule has 0 saturated heterocycles. The van der Waals surface area contributed by atoms with Crippen molar-refractivity contribution in [3.8, 4) is 28.1 Å². The number of aromatic nitrogens is 2. The maximum absolute atomic E-state index is 13.6. The average Bonchev–Trinajstić information content (AvgIpc) is 3.45. The average molecular weight is 561 g/mol. The highest BCUT2D eigenvalue weighted by Gasteiger charge is 2.21. The molecule has 0 aliphatic carbocycles. The Bertz CT molecular complexity index is 1620. The molecule has 0 spiro atoms. The molecule has 0 unspecified atom stereocenters. The van der Waals surface area contributed by atoms with Crippen LogP contribution in [0.4, 0.5) is 10.2 Å². The Kier molecular flexibility index (Phi) is 9.19. The number of benzene rings is 4. The van der Waals surface area contributed by atoms with E-state index in [0.717, 1.165) is 36.0 Å². The molecule has 5 rings (SSSR count). The Labute approximate surface area is 245 Å². The van der Waals surface area contributed by atoms with Gasteiger partial charge in [0.05, 0.1) is 11.4 Å². The lowest BCUT2D eigenvalue weighted by Crippen LogP contribution is -2.39. The van der Waals surface area contributed by atoms with Gasteiger partial charge in [-0.2, -0.15) is 5.10 Å². The standard InChI is InChI=1S/C35H33FN4O2/c1-2-3-10-23-39(35(42)29-17-15-27(16-18-29)26-11-6-4-7-12-26)25-34(41)37-33-24-32(28-13-8-5-9-14-28)38-40(33)31-21-19-30(36)20-22-31/h4-9,11-22,24H,2-3,10,23,25H2,1H3,(H,37,41). The maximum atomic E-state index is 13.6. The predicted molar refractivity (Wildman–Crippen MR) is 165 cm³/mol. The van der Waals surface area contributed by atoms with E-state index in [9.17, 15) is 14.0 Å². The van der Waals surface area contributed by atoms with Gasteiger partial charge in [0.25, 0.3) is 5.91 Å². The van der Waals surface area contributed by atoms with Crippen LogP contribution in [-0.2, 0) is 4.79 Å². The van der Waals surface area contributed by atoms with Crippen molar-refractivity contribution in [2.24, 2.45) is 0 Å². The number of hydrogen-bond donors (Lipinski definition) is 1. The van der Waals surface area contributed by atoms with Crippen molar-refractivity contribution < 1.29 is 14.0 Å². The Hall–Kier alpha value is -5.04. The number of nitrogens with zero attached hydrogens (tertiary/aromatic N) is 3. The molecule has 2 amide bonds. The zero-order valence-corrected chi connectivity index (χ0v) is 23.5. The molecule has 1 aromatic heterocycles. The largest absolute Gasteiger partial charge is 0.329 e. The summed E-state index contributed by atoms with van der Waals surface area (Å²) in [5.41, 5.74) is 4.76. The van der Waals surface area contributed by atoms with Crippen molar-refractivity contribution in [2.75, 3.05) is 18.4 Å². The van der Waals surface area contributed by atoms with Crippen LogP contribution in [0.3, 0.4) is 0 Å². The number of unbranched alkanes of at least 4 members (excludes halogenated alkanes) is 2. The molecular weight excluding hydrogens is 527 g/mol. The van der Waals surface area contributed by atoms with Crippen LogP contribution in [0.5, 0.6) is 0 Å². The zero-order valence-electron chi connectivity index (χ0n) is 23.5. The summed E-state index contributed by atoms with van der Waals surface area (Å²) < 4.78 is 15.2. The van der Waals surface area contributed by atoms with E-state index in [1.165, 1.54) is 12.1 Å². The first-order valence-corrected chi connectivity index (χ1v) is 14.2. The van der Waals surface area contributed by atoms with Gasteiger partial charge < -0.3 is 10.2 Å². The molecule has 0 aliphatic heterocycles. The summed E-state index contributed by atoms with van der Waals surface area (Å²) >= 11 is 0. The summed E-state index contributed by atoms with van der Waals surface area (Å²) in [6, 6.07) is 34.8. The fourth-order valence-electron chi connectivity index (χ4n) is 4.78. The highest BCUT2D eigenvalue weighted by Crippen LogP contribution is 2.25. The number of rotatable bonds is 11. The third-order valence-electron chi connectivity index (χ3n) is 7.01. The molecule has 0 saturated carbocycles. The van der Waals surface area contributed by atoms with E-state index in [1.54, 1.807) is 27.8 Å². The van der Waals surface area contributed by atoms with Crippen LogP contribution in [0.25, 0.3) is 28.1 Å². The first-order chi connectivity index (χ1) is 20.5. The number of amides is 2. The molecule has 0 bridgehead atoms. The zero-order chi connectivity index (χ0) is 29.3. The molecule has 1 heterocycles. The molecule has 212 valence electrons. The first kappa shape index (κ1) is 28.5. The van der Waals surface area contributed by atoms with E-state index < -0.39 is 0 Å². The predicted octanol–water partition coefficient (Wildman–Crippen LogP) is 7.62. The van der Waals surface area contributed by atoms with Crippen LogP contribution in [0.1, 0.15) is 36.5 Å². The summed E-state index contributed by atoms with van der Waals surface area (Å²) in [5.74, 6) is -0.474. The fraction of sp³-hybridized carbons (Fsp3) is 0.171. The molecule has 0 atom stereocenters. The molecule has 0 aliphatic rings. The number of carbonyl (C=O) groups excluding carboxylic acids is 2. The van der Waals surface area contributed by atoms with E-state index in [1.807, 2.05) is 84.9 Å². The Morgan fingerprint density at radius 3 is 2.05 bits per heavy atom. The molecule has 0 fully saturated rings. The van der Waals surface area contributed by atoms with Crippen molar-refractivity contribution >= 4 is 17.6 Å². The fourth-order valence-corrected chi connectivity index (χ4v) is 4.78. The van der Waals surface area contributed by atoms with E-state index in [-0.39, 0.29) is 24.2 Å². The van der Waals surface area contributed by atoms with E-state index in [4.69, 9.17) is 0 Å². The highest BCUT2D eigenvalue weighted by molar-refractivity contribution is 5.99. The van der Waals surface area contributed by atoms with Crippen molar-refractivity contribution in [1.29, 1.82) is 0 Å². The number of halogens is 1. The lowest BCUT2D eigenvalue weighted by Gasteiger charge is -2.22. The van der Waals surface area contributed by atoms with Gasteiger partial charge in [0.15, 0.2) is 0 Å². The van der Waals surface area contributed by atoms with Gasteiger partial charge in [0.1, 0.15) is 18.2 Å². The third kappa shape index (κ3) is 6.99. The smallest absolute Gasteiger partial charge is 0.254 e. The summed E-state index contributed by atoms with van der Waals surface area (Å²) in [7, 11) is 0. The summed E-state index contributed by atoms with van der Waals surface area (Å²) in [5, 5.41) is 7.63. The van der Waals surface area contributed by atoms with E-state index in [0.29, 0.717) is 29.3 Å². The van der Waals surface area contributed by atoms with Gasteiger partial charge in [0.2, 0.25) is 5.91 Å². The molecule has 0 radical (unpaired) electrons. The van der Waals surface area contributed by atoms with Crippen molar-refractivity contribution in [3.63, 3.8) is 0 Å². The van der Waals surface area contributed by atoms with Gasteiger partial charge in [0, 0.05) is 23.7 Å². The lowest BCUT2D eigenvalue weighted by molar-refractivity contribution is -0.117. The number of carbonyl (C=O) groups is 2. The van der Waals surface area contributed by atoms with Gasteiger partial charge >= 0.3 is 0 Å². The topological polar surface area (TPSA) is 67.2 Å². The Morgan fingerprint density at radius 1 is 0.786 bits per heavy atom. The van der Waals surface area contributed by atoms with Crippen LogP contribution in [0.2, 0.25) is 0 Å². The van der Waals surface area contributed by atoms with Crippen molar-refractivity contribution in [3.05, 3.63) is 127 Å². The van der Waals surface area contributed by atoms with Gasteiger partial charge in [-0.05, 0) is 53.9 Å². The molecule has 1 N–H and O–H groups in total. The van der Waals surface area contributed by atoms with Gasteiger partial charge in [-0.3, -0.25) is 9.59 Å². The number of hydrogen-bond acceptors (Lipinski definition) is 3. The van der Waals surface area contributed by atoms with Crippen LogP contribution in [-0.4, -0.2) is 39.6 Å². The minimum absolute atomic E-state index is 0.113. The first-order valence-electron chi connectivity index (χ1n) is 14.2. The second-order valence-electron chi connectivity index (χ2n) is 10.1. The van der Waals surface area contributed by atoms with Crippen LogP contribution in [0.15, 0.2) is 115 Å². The Morgan fingerprint density at radius 2 is 1.40 bits per heavy atom. The summed E-state index contributed by atoms with van der Waals surface area (Å²) in [4.78, 5) is 28.6. The van der Waals surface area contributed by atoms with Crippen LogP contribution < -0.4 is 5.32 Å². The molecule has 4 aromatic carbocycles. The van der Waals surface area contributed by atoms with Gasteiger partial charge in [-0.25, -0.2) is 9.07 Å². The van der Waals surface area contributed by atoms with E-state index in [2.05, 4.69) is 17.3 Å². The molecule has 7 heteroatoms. The van der Waals surface area contributed by atoms with Crippen LogP contribution in [0, 0.1) is 5.82 Å². The number of anilines is 1. The minimum atomic E-state index is -0.363. The molecule has 5 aromatic rings. The normalized spacial score (nSPS) is 10.8. The highest BCUT2D eigenvalue weighted by atomic mass is 19.1. The van der Waals surface area contributed by atoms with Crippen molar-refractivity contribution in [1.82, 2.24) is 14.7 Å². The lowest BCUT2D eigenvalue weighted by atomic mass is 10.0. The molecule has 42 heavy (non-hydrogen) atoms. The van der Waals surface area contributed by atoms with Gasteiger partial charge in [-0.15, -0.1) is 0 Å². The summed E-state index contributed by atoms with van der Waals surface area (Å²) in [6.45, 7) is 2.45. The van der Waals surface area contributed by atoms with Crippen molar-refractivity contribution in [2.45, 2.75) is 26.2 Å². The monoisotopic (exact) mass is 560 g/mol. The quantitative estimate of drug-likeness (QED) is 0.169. The number of nitrogens with one attached hydrogen (secondary N) is 1. The summed E-state index contributed by atoms with van der Waals surface area (Å²) in [6.07, 6.45) is 2.75. The second-order valence-corrected chi connectivity index (χ2v) is 10.1. The van der Waals surface area contributed by atoms with E-state index >= 15 is 0 Å². The molecular formula is C35H33FN4O2. The Balaban J connectivity index is 1.37. The minimum Gasteiger partial charge on any atom is -0.329 e. The van der Waals surface area contributed by atoms with Crippen LogP contribution >= 0.6 is 0 Å². The third-order valence-corrected chi connectivity index (χ3v) is 7.01. The second kappa shape index (κ2) is 13.5.